The van der Waals surface area contributed by atoms with E-state index in [4.69, 9.17) is 21.5 Å². The van der Waals surface area contributed by atoms with Crippen LogP contribution in [0.2, 0.25) is 5.02 Å². The molecule has 0 saturated carbocycles. The van der Waals surface area contributed by atoms with Gasteiger partial charge in [-0.15, -0.1) is 0 Å². The first-order chi connectivity index (χ1) is 10.1. The molecule has 0 bridgehead atoms. The van der Waals surface area contributed by atoms with Crippen LogP contribution in [0.25, 0.3) is 0 Å². The van der Waals surface area contributed by atoms with E-state index in [0.717, 1.165) is 0 Å². The van der Waals surface area contributed by atoms with Crippen LogP contribution >= 0.6 is 11.6 Å². The lowest BCUT2D eigenvalue weighted by molar-refractivity contribution is -0.102. The molecule has 0 fully saturated rings. The Kier molecular flexibility index (Phi) is 4.90. The van der Waals surface area contributed by atoms with Crippen LogP contribution in [0.5, 0.6) is 11.5 Å². The number of rotatable bonds is 5. The standard InChI is InChI=1S/C15H11ClFNO3/c16-11-2-5-13(6-3-11)21-14-4-1-10(15(17)8-14)7-12(9-19)18-20/h1-6,8-9,20H,7H2. The van der Waals surface area contributed by atoms with Gasteiger partial charge in [0.15, 0.2) is 6.29 Å². The fourth-order valence-electron chi connectivity index (χ4n) is 1.67. The third kappa shape index (κ3) is 4.03. The highest BCUT2D eigenvalue weighted by Gasteiger charge is 2.09. The van der Waals surface area contributed by atoms with Gasteiger partial charge in [0.05, 0.1) is 0 Å². The Morgan fingerprint density at radius 2 is 1.90 bits per heavy atom. The van der Waals surface area contributed by atoms with E-state index in [0.29, 0.717) is 22.8 Å². The van der Waals surface area contributed by atoms with Crippen LogP contribution in [0, 0.1) is 5.82 Å². The Morgan fingerprint density at radius 3 is 2.48 bits per heavy atom. The van der Waals surface area contributed by atoms with Crippen molar-refractivity contribution in [1.29, 1.82) is 0 Å². The molecule has 0 aliphatic carbocycles. The molecule has 0 aromatic heterocycles. The van der Waals surface area contributed by atoms with E-state index in [2.05, 4.69) is 5.16 Å². The van der Waals surface area contributed by atoms with E-state index in [1.54, 1.807) is 30.3 Å². The van der Waals surface area contributed by atoms with Gasteiger partial charge in [-0.05, 0) is 35.9 Å². The summed E-state index contributed by atoms with van der Waals surface area (Å²) in [5, 5.41) is 11.9. The molecule has 0 aliphatic heterocycles. The van der Waals surface area contributed by atoms with E-state index in [1.807, 2.05) is 0 Å². The number of oxime groups is 1. The summed E-state index contributed by atoms with van der Waals surface area (Å²) in [7, 11) is 0. The lowest BCUT2D eigenvalue weighted by atomic mass is 10.1. The molecule has 0 aliphatic rings. The molecule has 6 heteroatoms. The van der Waals surface area contributed by atoms with Crippen molar-refractivity contribution in [3.8, 4) is 11.5 Å². The summed E-state index contributed by atoms with van der Waals surface area (Å²) in [6.07, 6.45) is 0.282. The number of hydrogen-bond donors (Lipinski definition) is 1. The second-order valence-corrected chi connectivity index (χ2v) is 4.63. The monoisotopic (exact) mass is 307 g/mol. The molecule has 0 saturated heterocycles. The minimum atomic E-state index is -0.551. The van der Waals surface area contributed by atoms with Crippen molar-refractivity contribution >= 4 is 23.6 Å². The molecular weight excluding hydrogens is 297 g/mol. The lowest BCUT2D eigenvalue weighted by Gasteiger charge is -2.08. The first-order valence-electron chi connectivity index (χ1n) is 6.00. The molecule has 0 heterocycles. The predicted molar refractivity (Wildman–Crippen MR) is 76.9 cm³/mol. The number of nitrogens with zero attached hydrogens (tertiary/aromatic N) is 1. The normalized spacial score (nSPS) is 11.2. The van der Waals surface area contributed by atoms with Crippen molar-refractivity contribution in [1.82, 2.24) is 0 Å². The van der Waals surface area contributed by atoms with Crippen molar-refractivity contribution in [3.63, 3.8) is 0 Å². The van der Waals surface area contributed by atoms with Crippen molar-refractivity contribution in [3.05, 3.63) is 58.9 Å². The Balaban J connectivity index is 2.15. The highest BCUT2D eigenvalue weighted by Crippen LogP contribution is 2.25. The topological polar surface area (TPSA) is 58.9 Å². The highest BCUT2D eigenvalue weighted by molar-refractivity contribution is 6.30. The quantitative estimate of drug-likeness (QED) is 0.395. The fraction of sp³-hybridized carbons (Fsp3) is 0.0667. The van der Waals surface area contributed by atoms with Crippen molar-refractivity contribution in [2.45, 2.75) is 6.42 Å². The average Bonchev–Trinajstić information content (AvgIpc) is 2.49. The van der Waals surface area contributed by atoms with Crippen LogP contribution in [0.1, 0.15) is 5.56 Å². The van der Waals surface area contributed by atoms with Crippen LogP contribution in [-0.2, 0) is 11.2 Å². The van der Waals surface area contributed by atoms with Crippen molar-refractivity contribution < 1.29 is 19.1 Å². The summed E-state index contributed by atoms with van der Waals surface area (Å²) in [6.45, 7) is 0. The summed E-state index contributed by atoms with van der Waals surface area (Å²) in [5.74, 6) is 0.286. The predicted octanol–water partition coefficient (Wildman–Crippen LogP) is 3.84. The largest absolute Gasteiger partial charge is 0.457 e. The third-order valence-corrected chi connectivity index (χ3v) is 2.96. The molecule has 1 N–H and O–H groups in total. The van der Waals surface area contributed by atoms with Crippen LogP contribution in [0.15, 0.2) is 47.6 Å². The van der Waals surface area contributed by atoms with Crippen molar-refractivity contribution in [2.75, 3.05) is 0 Å². The Hall–Kier alpha value is -2.40. The van der Waals surface area contributed by atoms with Crippen LogP contribution in [0.3, 0.4) is 0 Å². The summed E-state index contributed by atoms with van der Waals surface area (Å²) in [4.78, 5) is 10.5. The first-order valence-corrected chi connectivity index (χ1v) is 6.38. The van der Waals surface area contributed by atoms with Gasteiger partial charge >= 0.3 is 0 Å². The molecule has 4 nitrogen and oxygen atoms in total. The minimum absolute atomic E-state index is 0.0902. The number of ether oxygens (including phenoxy) is 1. The number of carbonyl (C=O) groups is 1. The average molecular weight is 308 g/mol. The highest BCUT2D eigenvalue weighted by atomic mass is 35.5. The molecule has 0 atom stereocenters. The van der Waals surface area contributed by atoms with Gasteiger partial charge in [0.25, 0.3) is 0 Å². The lowest BCUT2D eigenvalue weighted by Crippen LogP contribution is -2.06. The molecule has 0 unspecified atom stereocenters. The van der Waals surface area contributed by atoms with Crippen LogP contribution in [0.4, 0.5) is 4.39 Å². The Labute approximate surface area is 125 Å². The molecule has 0 spiro atoms. The molecule has 0 amide bonds. The van der Waals surface area contributed by atoms with Gasteiger partial charge in [0, 0.05) is 17.5 Å². The smallest absolute Gasteiger partial charge is 0.167 e. The van der Waals surface area contributed by atoms with Gasteiger partial charge in [-0.3, -0.25) is 4.79 Å². The molecule has 108 valence electrons. The molecule has 21 heavy (non-hydrogen) atoms. The molecule has 0 radical (unpaired) electrons. The number of hydrogen-bond acceptors (Lipinski definition) is 4. The van der Waals surface area contributed by atoms with Crippen molar-refractivity contribution in [2.24, 2.45) is 5.16 Å². The maximum absolute atomic E-state index is 13.9. The molecule has 2 aromatic carbocycles. The van der Waals surface area contributed by atoms with E-state index in [1.165, 1.54) is 12.1 Å². The van der Waals surface area contributed by atoms with E-state index in [-0.39, 0.29) is 17.7 Å². The number of benzene rings is 2. The number of aldehydes is 1. The summed E-state index contributed by atoms with van der Waals surface area (Å²) >= 11 is 5.76. The maximum atomic E-state index is 13.9. The SMILES string of the molecule is O=CC(Cc1ccc(Oc2ccc(Cl)cc2)cc1F)=NO. The van der Waals surface area contributed by atoms with Gasteiger partial charge in [-0.2, -0.15) is 0 Å². The second kappa shape index (κ2) is 6.85. The van der Waals surface area contributed by atoms with Gasteiger partial charge in [-0.25, -0.2) is 4.39 Å². The summed E-state index contributed by atoms with van der Waals surface area (Å²) in [5.41, 5.74) is 0.0821. The van der Waals surface area contributed by atoms with E-state index >= 15 is 0 Å². The maximum Gasteiger partial charge on any atom is 0.167 e. The fourth-order valence-corrected chi connectivity index (χ4v) is 1.80. The summed E-state index contributed by atoms with van der Waals surface area (Å²) < 4.78 is 19.4. The van der Waals surface area contributed by atoms with Gasteiger partial charge in [0.1, 0.15) is 23.0 Å². The second-order valence-electron chi connectivity index (χ2n) is 4.20. The molecule has 2 rings (SSSR count). The molecular formula is C15H11ClFNO3. The van der Waals surface area contributed by atoms with Crippen LogP contribution < -0.4 is 4.74 Å². The zero-order valence-electron chi connectivity index (χ0n) is 10.8. The third-order valence-electron chi connectivity index (χ3n) is 2.71. The Morgan fingerprint density at radius 1 is 1.24 bits per heavy atom. The van der Waals surface area contributed by atoms with Gasteiger partial charge in [-0.1, -0.05) is 22.8 Å². The minimum Gasteiger partial charge on any atom is -0.457 e. The number of carbonyl (C=O) groups excluding carboxylic acids is 1. The zero-order valence-corrected chi connectivity index (χ0v) is 11.5. The van der Waals surface area contributed by atoms with Crippen LogP contribution in [-0.4, -0.2) is 17.2 Å². The number of halogens is 2. The zero-order chi connectivity index (χ0) is 15.2. The summed E-state index contributed by atoms with van der Waals surface area (Å²) in [6, 6.07) is 10.9. The van der Waals surface area contributed by atoms with Gasteiger partial charge in [0.2, 0.25) is 0 Å². The molecule has 2 aromatic rings. The van der Waals surface area contributed by atoms with Gasteiger partial charge < -0.3 is 9.94 Å². The van der Waals surface area contributed by atoms with E-state index in [9.17, 15) is 9.18 Å². The first kappa shape index (κ1) is 15.0. The van der Waals surface area contributed by atoms with E-state index < -0.39 is 5.82 Å². The Bertz CT molecular complexity index is 671.